The van der Waals surface area contributed by atoms with Crippen molar-refractivity contribution < 1.29 is 9.09 Å². The molecule has 0 bridgehead atoms. The molecule has 4 nitrogen and oxygen atoms in total. The first kappa shape index (κ1) is 14.8. The van der Waals surface area contributed by atoms with Gasteiger partial charge in [0.1, 0.15) is 11.4 Å². The van der Waals surface area contributed by atoms with E-state index in [0.29, 0.717) is 5.88 Å². The zero-order chi connectivity index (χ0) is 15.6. The topological polar surface area (TPSA) is 43.1 Å². The molecule has 0 saturated heterocycles. The second-order valence-electron chi connectivity index (χ2n) is 5.20. The summed E-state index contributed by atoms with van der Waals surface area (Å²) in [7, 11) is -1.26. The highest BCUT2D eigenvalue weighted by molar-refractivity contribution is 7.24. The Bertz CT molecular complexity index is 745. The lowest BCUT2D eigenvalue weighted by atomic mass is 10.2. The Hall–Kier alpha value is -2.16. The van der Waals surface area contributed by atoms with E-state index in [9.17, 15) is 4.57 Å². The molecule has 0 aliphatic carbocycles. The van der Waals surface area contributed by atoms with Crippen molar-refractivity contribution >= 4 is 25.9 Å². The van der Waals surface area contributed by atoms with E-state index in [1.165, 1.54) is 0 Å². The van der Waals surface area contributed by atoms with Gasteiger partial charge >= 0.3 is 5.88 Å². The van der Waals surface area contributed by atoms with Gasteiger partial charge in [-0.25, -0.2) is 0 Å². The van der Waals surface area contributed by atoms with Gasteiger partial charge in [-0.05, 0) is 13.8 Å². The molecule has 3 rings (SSSR count). The van der Waals surface area contributed by atoms with E-state index in [2.05, 4.69) is 5.16 Å². The highest BCUT2D eigenvalue weighted by atomic mass is 31.1. The third-order valence-corrected chi connectivity index (χ3v) is 5.08. The van der Waals surface area contributed by atoms with E-state index in [1.807, 2.05) is 74.5 Å². The molecule has 0 aliphatic rings. The van der Waals surface area contributed by atoms with E-state index in [-0.39, 0.29) is 4.25 Å². The van der Waals surface area contributed by atoms with Gasteiger partial charge in [0.15, 0.2) is 0 Å². The van der Waals surface area contributed by atoms with Crippen molar-refractivity contribution in [1.82, 2.24) is 9.41 Å². The van der Waals surface area contributed by atoms with Crippen LogP contribution in [0.1, 0.15) is 11.3 Å². The number of para-hydroxylation sites is 2. The molecule has 5 heteroatoms. The van der Waals surface area contributed by atoms with Crippen molar-refractivity contribution in [3.63, 3.8) is 0 Å². The van der Waals surface area contributed by atoms with Crippen LogP contribution in [0.15, 0.2) is 65.2 Å². The molecular weight excluding hydrogens is 295 g/mol. The molecule has 1 atom stereocenters. The number of rotatable bonds is 4. The Morgan fingerprint density at radius 2 is 1.41 bits per heavy atom. The number of hydrogen-bond donors (Lipinski definition) is 0. The number of nitrogens with zero attached hydrogens (tertiary/aromatic N) is 2. The van der Waals surface area contributed by atoms with E-state index < -0.39 is 8.61 Å². The van der Waals surface area contributed by atoms with Gasteiger partial charge in [0.2, 0.25) is 8.61 Å². The average molecular weight is 313 g/mol. The molecule has 3 aromatic rings. The molecule has 0 radical (unpaired) electrons. The first-order valence-corrected chi connectivity index (χ1v) is 8.08. The fourth-order valence-corrected chi connectivity index (χ4v) is 3.54. The normalized spacial score (nSPS) is 12.1. The summed E-state index contributed by atoms with van der Waals surface area (Å²) in [5.74, 6) is 0.611. The monoisotopic (exact) mass is 313 g/mol. The van der Waals surface area contributed by atoms with Crippen LogP contribution in [0.3, 0.4) is 0 Å². The number of quaternary nitrogens is 1. The summed E-state index contributed by atoms with van der Waals surface area (Å²) in [5.41, 5.74) is 3.55. The maximum atomic E-state index is 12.5. The Morgan fingerprint density at radius 3 is 1.77 bits per heavy atom. The van der Waals surface area contributed by atoms with Crippen LogP contribution in [0.5, 0.6) is 0 Å². The minimum absolute atomic E-state index is 0.0638. The Kier molecular flexibility index (Phi) is 3.97. The first-order chi connectivity index (χ1) is 10.7. The smallest absolute Gasteiger partial charge is 0.302 e. The van der Waals surface area contributed by atoms with E-state index in [4.69, 9.17) is 4.52 Å². The standard InChI is InChI=1S/C17H18N2O2P/c1-13-14(2)18-21-17(13)19(22-20,15-9-5-3-6-10-15)16-11-7-4-8-12-16/h3-12H,22H2,1-2H3/q+1. The highest BCUT2D eigenvalue weighted by Crippen LogP contribution is 2.51. The second kappa shape index (κ2) is 5.91. The van der Waals surface area contributed by atoms with Crippen molar-refractivity contribution in [2.24, 2.45) is 0 Å². The minimum Gasteiger partial charge on any atom is -0.302 e. The summed E-state index contributed by atoms with van der Waals surface area (Å²) < 4.78 is 18.1. The minimum atomic E-state index is -1.26. The SMILES string of the molecule is Cc1noc([N+]([PH2]=O)(c2ccccc2)c2ccccc2)c1C. The predicted octanol–water partition coefficient (Wildman–Crippen LogP) is 4.93. The molecule has 0 spiro atoms. The zero-order valence-electron chi connectivity index (χ0n) is 12.6. The summed E-state index contributed by atoms with van der Waals surface area (Å²) in [6, 6.07) is 19.5. The van der Waals surface area contributed by atoms with Crippen molar-refractivity contribution in [3.05, 3.63) is 71.9 Å². The zero-order valence-corrected chi connectivity index (χ0v) is 13.7. The maximum Gasteiger partial charge on any atom is 0.338 e. The third-order valence-electron chi connectivity index (χ3n) is 3.94. The maximum absolute atomic E-state index is 12.5. The van der Waals surface area contributed by atoms with Crippen molar-refractivity contribution in [2.75, 3.05) is 0 Å². The van der Waals surface area contributed by atoms with Crippen LogP contribution in [0, 0.1) is 13.8 Å². The van der Waals surface area contributed by atoms with Gasteiger partial charge in [-0.1, -0.05) is 41.6 Å². The van der Waals surface area contributed by atoms with Crippen molar-refractivity contribution in [1.29, 1.82) is 0 Å². The Morgan fingerprint density at radius 1 is 0.909 bits per heavy atom. The quantitative estimate of drug-likeness (QED) is 0.641. The second-order valence-corrected chi connectivity index (χ2v) is 6.18. The van der Waals surface area contributed by atoms with Crippen LogP contribution in [0.4, 0.5) is 17.3 Å². The molecule has 0 saturated carbocycles. The van der Waals surface area contributed by atoms with Crippen LogP contribution in [-0.4, -0.2) is 5.16 Å². The molecule has 112 valence electrons. The average Bonchev–Trinajstić information content (AvgIpc) is 2.91. The van der Waals surface area contributed by atoms with Crippen molar-refractivity contribution in [3.8, 4) is 0 Å². The summed E-state index contributed by atoms with van der Waals surface area (Å²) in [6.45, 7) is 3.85. The molecule has 1 aromatic heterocycles. The molecule has 22 heavy (non-hydrogen) atoms. The Balaban J connectivity index is 2.36. The lowest BCUT2D eigenvalue weighted by molar-refractivity contribution is 0.388. The fourth-order valence-electron chi connectivity index (χ4n) is 2.61. The van der Waals surface area contributed by atoms with E-state index in [1.54, 1.807) is 0 Å². The molecule has 0 aliphatic heterocycles. The van der Waals surface area contributed by atoms with Gasteiger partial charge in [0.05, 0.1) is 11.3 Å². The van der Waals surface area contributed by atoms with Crippen LogP contribution in [0.2, 0.25) is 0 Å². The number of benzene rings is 2. The van der Waals surface area contributed by atoms with E-state index in [0.717, 1.165) is 22.6 Å². The first-order valence-electron chi connectivity index (χ1n) is 7.10. The molecule has 1 unspecified atom stereocenters. The molecule has 1 heterocycles. The summed E-state index contributed by atoms with van der Waals surface area (Å²) >= 11 is 0. The predicted molar refractivity (Wildman–Crippen MR) is 90.4 cm³/mol. The molecule has 2 aromatic carbocycles. The lowest BCUT2D eigenvalue weighted by Gasteiger charge is -2.29. The van der Waals surface area contributed by atoms with Crippen LogP contribution < -0.4 is 4.25 Å². The number of aromatic nitrogens is 1. The van der Waals surface area contributed by atoms with Gasteiger partial charge in [-0.3, -0.25) is 4.57 Å². The molecule has 0 fully saturated rings. The summed E-state index contributed by atoms with van der Waals surface area (Å²) in [5, 5.41) is 4.06. The van der Waals surface area contributed by atoms with Gasteiger partial charge in [-0.15, -0.1) is 0 Å². The van der Waals surface area contributed by atoms with Crippen molar-refractivity contribution in [2.45, 2.75) is 13.8 Å². The highest BCUT2D eigenvalue weighted by Gasteiger charge is 2.40. The van der Waals surface area contributed by atoms with Crippen LogP contribution in [-0.2, 0) is 4.57 Å². The lowest BCUT2D eigenvalue weighted by Crippen LogP contribution is -2.27. The fraction of sp³-hybridized carbons (Fsp3) is 0.118. The number of aryl methyl sites for hydroxylation is 1. The summed E-state index contributed by atoms with van der Waals surface area (Å²) in [4.78, 5) is 0. The third kappa shape index (κ3) is 2.21. The van der Waals surface area contributed by atoms with Crippen LogP contribution >= 0.6 is 8.61 Å². The largest absolute Gasteiger partial charge is 0.338 e. The molecule has 0 N–H and O–H groups in total. The van der Waals surface area contributed by atoms with Crippen LogP contribution in [0.25, 0.3) is 0 Å². The number of hydrogen-bond acceptors (Lipinski definition) is 3. The summed E-state index contributed by atoms with van der Waals surface area (Å²) in [6.07, 6.45) is 0. The molecule has 0 amide bonds. The van der Waals surface area contributed by atoms with Gasteiger partial charge in [0.25, 0.3) is 0 Å². The van der Waals surface area contributed by atoms with E-state index >= 15 is 0 Å². The molecular formula is C17H18N2O2P+. The van der Waals surface area contributed by atoms with Gasteiger partial charge in [0, 0.05) is 24.3 Å². The Labute approximate surface area is 130 Å². The van der Waals surface area contributed by atoms with Gasteiger partial charge in [-0.2, -0.15) is 4.25 Å². The van der Waals surface area contributed by atoms with Gasteiger partial charge < -0.3 is 4.52 Å².